The van der Waals surface area contributed by atoms with Gasteiger partial charge in [-0.2, -0.15) is 5.10 Å². The first-order valence-corrected chi connectivity index (χ1v) is 8.29. The van der Waals surface area contributed by atoms with Gasteiger partial charge < -0.3 is 10.2 Å². The molecule has 3 heterocycles. The lowest BCUT2D eigenvalue weighted by atomic mass is 10.1. The van der Waals surface area contributed by atoms with Crippen molar-refractivity contribution in [2.45, 2.75) is 13.1 Å². The molecular weight excluding hydrogens is 378 g/mol. The number of halogens is 4. The van der Waals surface area contributed by atoms with Gasteiger partial charge in [-0.1, -0.05) is 0 Å². The highest BCUT2D eigenvalue weighted by Crippen LogP contribution is 2.26. The maximum absolute atomic E-state index is 13.3. The van der Waals surface area contributed by atoms with Crippen LogP contribution in [-0.2, 0) is 13.1 Å². The molecule has 2 amide bonds. The Labute approximate surface area is 156 Å². The second-order valence-corrected chi connectivity index (χ2v) is 6.20. The van der Waals surface area contributed by atoms with Gasteiger partial charge in [0.1, 0.15) is 5.82 Å². The molecular formula is C18H13F4N5O. The third-order valence-electron chi connectivity index (χ3n) is 4.40. The molecule has 0 bridgehead atoms. The average molecular weight is 391 g/mol. The average Bonchev–Trinajstić information content (AvgIpc) is 3.10. The van der Waals surface area contributed by atoms with Crippen LogP contribution in [-0.4, -0.2) is 32.2 Å². The van der Waals surface area contributed by atoms with E-state index in [0.717, 1.165) is 6.20 Å². The first-order valence-electron chi connectivity index (χ1n) is 8.29. The van der Waals surface area contributed by atoms with Crippen LogP contribution >= 0.6 is 0 Å². The summed E-state index contributed by atoms with van der Waals surface area (Å²) in [5.41, 5.74) is 1.65. The zero-order valence-electron chi connectivity index (χ0n) is 14.3. The van der Waals surface area contributed by atoms with E-state index in [-0.39, 0.29) is 12.2 Å². The number of pyridine rings is 1. The van der Waals surface area contributed by atoms with Crippen LogP contribution in [0.2, 0.25) is 0 Å². The predicted molar refractivity (Wildman–Crippen MR) is 91.2 cm³/mol. The fraction of sp³-hybridized carbons (Fsp3) is 0.167. The number of nitrogens with one attached hydrogen (secondary N) is 1. The summed E-state index contributed by atoms with van der Waals surface area (Å²) in [5.74, 6) is -4.85. The van der Waals surface area contributed by atoms with Crippen molar-refractivity contribution in [3.05, 3.63) is 65.6 Å². The number of rotatable bonds is 2. The van der Waals surface area contributed by atoms with Crippen molar-refractivity contribution < 1.29 is 22.4 Å². The molecule has 0 radical (unpaired) electrons. The Bertz CT molecular complexity index is 1030. The van der Waals surface area contributed by atoms with Crippen molar-refractivity contribution in [1.82, 2.24) is 19.7 Å². The third kappa shape index (κ3) is 3.28. The third-order valence-corrected chi connectivity index (χ3v) is 4.40. The number of hydrogen-bond acceptors (Lipinski definition) is 3. The lowest BCUT2D eigenvalue weighted by Crippen LogP contribution is -2.41. The molecule has 1 N–H and O–H groups in total. The summed E-state index contributed by atoms with van der Waals surface area (Å²) in [6.07, 6.45) is 2.67. The van der Waals surface area contributed by atoms with Crippen LogP contribution in [0, 0.1) is 23.3 Å². The zero-order valence-corrected chi connectivity index (χ0v) is 14.3. The van der Waals surface area contributed by atoms with Gasteiger partial charge in [-0.3, -0.25) is 9.67 Å². The van der Waals surface area contributed by atoms with Crippen LogP contribution in [0.5, 0.6) is 0 Å². The van der Waals surface area contributed by atoms with Gasteiger partial charge in [0.25, 0.3) is 0 Å². The molecule has 0 atom stereocenters. The first kappa shape index (κ1) is 18.0. The Morgan fingerprint density at radius 3 is 2.46 bits per heavy atom. The van der Waals surface area contributed by atoms with E-state index in [1.807, 2.05) is 0 Å². The van der Waals surface area contributed by atoms with Gasteiger partial charge in [0.05, 0.1) is 36.9 Å². The lowest BCUT2D eigenvalue weighted by molar-refractivity contribution is 0.194. The predicted octanol–water partition coefficient (Wildman–Crippen LogP) is 3.55. The van der Waals surface area contributed by atoms with Crippen molar-refractivity contribution in [2.24, 2.45) is 0 Å². The van der Waals surface area contributed by atoms with Crippen molar-refractivity contribution in [1.29, 1.82) is 0 Å². The van der Waals surface area contributed by atoms with Crippen LogP contribution in [0.1, 0.15) is 5.69 Å². The molecule has 1 aliphatic heterocycles. The Morgan fingerprint density at radius 2 is 1.79 bits per heavy atom. The van der Waals surface area contributed by atoms with E-state index < -0.39 is 29.3 Å². The Balaban J connectivity index is 1.54. The minimum absolute atomic E-state index is 0.159. The number of fused-ring (bicyclic) bond motifs is 1. The summed E-state index contributed by atoms with van der Waals surface area (Å²) in [5, 5.41) is 6.61. The molecule has 0 unspecified atom stereocenters. The van der Waals surface area contributed by atoms with E-state index in [0.29, 0.717) is 42.2 Å². The van der Waals surface area contributed by atoms with Crippen molar-refractivity contribution in [3.63, 3.8) is 0 Å². The summed E-state index contributed by atoms with van der Waals surface area (Å²) < 4.78 is 54.5. The Kier molecular flexibility index (Phi) is 4.46. The molecule has 6 nitrogen and oxygen atoms in total. The number of carbonyl (C=O) groups excluding carboxylic acids is 1. The van der Waals surface area contributed by atoms with Crippen molar-refractivity contribution in [2.75, 3.05) is 11.9 Å². The van der Waals surface area contributed by atoms with E-state index in [1.165, 1.54) is 17.0 Å². The van der Waals surface area contributed by atoms with Crippen LogP contribution < -0.4 is 5.32 Å². The van der Waals surface area contributed by atoms with Gasteiger partial charge in [-0.05, 0) is 12.1 Å². The monoisotopic (exact) mass is 391 g/mol. The number of amides is 2. The second-order valence-electron chi connectivity index (χ2n) is 6.20. The van der Waals surface area contributed by atoms with E-state index in [9.17, 15) is 22.4 Å². The minimum atomic E-state index is -1.60. The number of benzene rings is 1. The van der Waals surface area contributed by atoms with Gasteiger partial charge >= 0.3 is 6.03 Å². The molecule has 3 aromatic rings. The molecule has 0 spiro atoms. The first-order chi connectivity index (χ1) is 13.4. The van der Waals surface area contributed by atoms with Crippen molar-refractivity contribution >= 4 is 11.7 Å². The van der Waals surface area contributed by atoms with E-state index in [1.54, 1.807) is 10.9 Å². The largest absolute Gasteiger partial charge is 0.322 e. The van der Waals surface area contributed by atoms with Gasteiger partial charge in [-0.15, -0.1) is 0 Å². The van der Waals surface area contributed by atoms with Crippen LogP contribution in [0.15, 0.2) is 36.7 Å². The zero-order chi connectivity index (χ0) is 19.8. The fourth-order valence-corrected chi connectivity index (χ4v) is 3.00. The summed E-state index contributed by atoms with van der Waals surface area (Å²) in [6, 6.07) is 3.60. The molecule has 0 fully saturated rings. The summed E-state index contributed by atoms with van der Waals surface area (Å²) in [4.78, 5) is 17.9. The number of urea groups is 1. The van der Waals surface area contributed by atoms with Crippen molar-refractivity contribution in [3.8, 4) is 11.3 Å². The molecule has 144 valence electrons. The molecule has 28 heavy (non-hydrogen) atoms. The van der Waals surface area contributed by atoms with E-state index in [4.69, 9.17) is 0 Å². The molecule has 1 aromatic carbocycles. The molecule has 4 rings (SSSR count). The number of carbonyl (C=O) groups is 1. The maximum Gasteiger partial charge on any atom is 0.322 e. The Morgan fingerprint density at radius 1 is 1.04 bits per heavy atom. The number of hydrogen-bond donors (Lipinski definition) is 1. The number of aromatic nitrogens is 3. The molecule has 0 saturated heterocycles. The fourth-order valence-electron chi connectivity index (χ4n) is 3.00. The normalized spacial score (nSPS) is 13.4. The smallest absolute Gasteiger partial charge is 0.317 e. The highest BCUT2D eigenvalue weighted by atomic mass is 19.2. The van der Waals surface area contributed by atoms with E-state index in [2.05, 4.69) is 15.4 Å². The van der Waals surface area contributed by atoms with Gasteiger partial charge in [0, 0.05) is 29.9 Å². The lowest BCUT2D eigenvalue weighted by Gasteiger charge is -2.28. The molecule has 0 aliphatic carbocycles. The minimum Gasteiger partial charge on any atom is -0.317 e. The standard InChI is InChI=1S/C18H13F4N5O/c19-10-1-2-15(23-7-10)12-8-24-27-4-3-26(9-16(12)27)18(28)25-11-5-13(20)17(22)14(21)6-11/h1-2,5-8H,3-4,9H2,(H,25,28). The van der Waals surface area contributed by atoms with Gasteiger partial charge in [0.15, 0.2) is 17.5 Å². The highest BCUT2D eigenvalue weighted by molar-refractivity contribution is 5.89. The maximum atomic E-state index is 13.3. The van der Waals surface area contributed by atoms with Crippen LogP contribution in [0.25, 0.3) is 11.3 Å². The van der Waals surface area contributed by atoms with E-state index >= 15 is 0 Å². The van der Waals surface area contributed by atoms with Gasteiger partial charge in [-0.25, -0.2) is 22.4 Å². The highest BCUT2D eigenvalue weighted by Gasteiger charge is 2.25. The molecule has 1 aliphatic rings. The molecule has 10 heteroatoms. The Hall–Kier alpha value is -3.43. The molecule has 2 aromatic heterocycles. The number of anilines is 1. The summed E-state index contributed by atoms with van der Waals surface area (Å²) in [7, 11) is 0. The number of nitrogens with zero attached hydrogens (tertiary/aromatic N) is 4. The summed E-state index contributed by atoms with van der Waals surface area (Å²) in [6.45, 7) is 0.866. The quantitative estimate of drug-likeness (QED) is 0.537. The van der Waals surface area contributed by atoms with Gasteiger partial charge in [0.2, 0.25) is 0 Å². The topological polar surface area (TPSA) is 63.1 Å². The molecule has 0 saturated carbocycles. The van der Waals surface area contributed by atoms with Crippen LogP contribution in [0.4, 0.5) is 28.0 Å². The summed E-state index contributed by atoms with van der Waals surface area (Å²) >= 11 is 0. The second kappa shape index (κ2) is 6.95. The van der Waals surface area contributed by atoms with Crippen LogP contribution in [0.3, 0.4) is 0 Å². The SMILES string of the molecule is O=C(Nc1cc(F)c(F)c(F)c1)N1CCn2ncc(-c3ccc(F)cn3)c2C1.